The number of rotatable bonds is 3. The van der Waals surface area contributed by atoms with Gasteiger partial charge in [0.15, 0.2) is 0 Å². The van der Waals surface area contributed by atoms with Gasteiger partial charge >= 0.3 is 11.9 Å². The van der Waals surface area contributed by atoms with Gasteiger partial charge in [-0.3, -0.25) is 9.78 Å². The van der Waals surface area contributed by atoms with Gasteiger partial charge in [-0.15, -0.1) is 10.2 Å². The van der Waals surface area contributed by atoms with Crippen LogP contribution >= 0.6 is 34.5 Å². The maximum absolute atomic E-state index is 12.6. The van der Waals surface area contributed by atoms with Crippen molar-refractivity contribution in [3.05, 3.63) is 54.2 Å². The van der Waals surface area contributed by atoms with Gasteiger partial charge in [0.05, 0.1) is 21.4 Å². The van der Waals surface area contributed by atoms with Gasteiger partial charge in [0.1, 0.15) is 6.20 Å². The molecule has 2 heterocycles. The second-order valence-electron chi connectivity index (χ2n) is 4.67. The van der Waals surface area contributed by atoms with Crippen LogP contribution in [0.1, 0.15) is 5.01 Å². The lowest BCUT2D eigenvalue weighted by molar-refractivity contribution is -0.138. The van der Waals surface area contributed by atoms with Crippen LogP contribution in [0.25, 0.3) is 5.69 Å². The highest BCUT2D eigenvalue weighted by Crippen LogP contribution is 2.38. The Hall–Kier alpha value is -2.44. The fourth-order valence-electron chi connectivity index (χ4n) is 1.83. The average Bonchev–Trinajstić information content (AvgIpc) is 2.99. The van der Waals surface area contributed by atoms with Gasteiger partial charge in [0, 0.05) is 0 Å². The Bertz CT molecular complexity index is 1070. The van der Waals surface area contributed by atoms with Gasteiger partial charge in [-0.05, 0) is 12.1 Å². The molecular weight excluding hydrogens is 420 g/mol. The standard InChI is InChI=1S/C12H5Cl2F3N6O2S/c13-5-1-4(23-11(25)19-7(24)3-18-23)2-6(14)8(5)20-10-22-21-9(26-10)12(15,16)17/h1-3H,(H,20,22)(H,19,24,25). The molecule has 0 spiro atoms. The summed E-state index contributed by atoms with van der Waals surface area (Å²) in [5.74, 6) is 0. The summed E-state index contributed by atoms with van der Waals surface area (Å²) in [7, 11) is 0. The number of alkyl halides is 3. The number of nitrogens with zero attached hydrogens (tertiary/aromatic N) is 4. The van der Waals surface area contributed by atoms with Crippen molar-refractivity contribution in [1.82, 2.24) is 25.0 Å². The van der Waals surface area contributed by atoms with Crippen LogP contribution in [-0.4, -0.2) is 25.0 Å². The number of H-pyrrole nitrogens is 1. The van der Waals surface area contributed by atoms with E-state index in [1.54, 1.807) is 0 Å². The molecule has 1 aromatic carbocycles. The number of hydrogen-bond donors (Lipinski definition) is 2. The molecule has 3 rings (SSSR count). The highest BCUT2D eigenvalue weighted by Gasteiger charge is 2.35. The first-order valence-electron chi connectivity index (χ1n) is 6.51. The van der Waals surface area contributed by atoms with E-state index in [4.69, 9.17) is 23.2 Å². The SMILES string of the molecule is O=c1cnn(-c2cc(Cl)c(Nc3nnc(C(F)(F)F)s3)c(Cl)c2)c(=O)[nH]1. The van der Waals surface area contributed by atoms with E-state index in [1.165, 1.54) is 12.1 Å². The van der Waals surface area contributed by atoms with E-state index in [-0.39, 0.29) is 37.9 Å². The summed E-state index contributed by atoms with van der Waals surface area (Å²) in [6.07, 6.45) is -3.73. The summed E-state index contributed by atoms with van der Waals surface area (Å²) >= 11 is 12.4. The smallest absolute Gasteiger partial charge is 0.328 e. The van der Waals surface area contributed by atoms with Crippen LogP contribution in [0, 0.1) is 0 Å². The molecule has 0 radical (unpaired) electrons. The largest absolute Gasteiger partial charge is 0.445 e. The first-order valence-corrected chi connectivity index (χ1v) is 8.08. The molecule has 3 aromatic rings. The minimum atomic E-state index is -4.62. The molecule has 0 aliphatic carbocycles. The van der Waals surface area contributed by atoms with E-state index in [0.29, 0.717) is 0 Å². The zero-order chi connectivity index (χ0) is 19.1. The van der Waals surface area contributed by atoms with Crippen molar-refractivity contribution < 1.29 is 13.2 Å². The minimum Gasteiger partial charge on any atom is -0.328 e. The van der Waals surface area contributed by atoms with E-state index >= 15 is 0 Å². The quantitative estimate of drug-likeness (QED) is 0.669. The van der Waals surface area contributed by atoms with E-state index in [2.05, 4.69) is 20.6 Å². The van der Waals surface area contributed by atoms with E-state index in [9.17, 15) is 22.8 Å². The number of nitrogens with one attached hydrogen (secondary N) is 2. The Labute approximate surface area is 155 Å². The number of halogens is 5. The summed E-state index contributed by atoms with van der Waals surface area (Å²) in [6, 6.07) is 2.57. The maximum Gasteiger partial charge on any atom is 0.445 e. The Kier molecular flexibility index (Phi) is 4.73. The first-order chi connectivity index (χ1) is 12.1. The number of benzene rings is 1. The molecule has 2 aromatic heterocycles. The van der Waals surface area contributed by atoms with Gasteiger partial charge in [0.2, 0.25) is 10.1 Å². The molecule has 0 saturated heterocycles. The zero-order valence-electron chi connectivity index (χ0n) is 12.1. The Morgan fingerprint density at radius 2 is 1.81 bits per heavy atom. The van der Waals surface area contributed by atoms with Crippen molar-refractivity contribution in [2.24, 2.45) is 0 Å². The molecule has 0 aliphatic heterocycles. The molecule has 0 atom stereocenters. The van der Waals surface area contributed by atoms with Crippen LogP contribution in [0.2, 0.25) is 10.0 Å². The molecule has 14 heteroatoms. The fourth-order valence-corrected chi connectivity index (χ4v) is 3.02. The predicted molar refractivity (Wildman–Crippen MR) is 88.7 cm³/mol. The third-order valence-corrected chi connectivity index (χ3v) is 4.36. The van der Waals surface area contributed by atoms with Crippen LogP contribution in [0.4, 0.5) is 24.0 Å². The molecule has 0 bridgehead atoms. The summed E-state index contributed by atoms with van der Waals surface area (Å²) in [6.45, 7) is 0. The summed E-state index contributed by atoms with van der Waals surface area (Å²) in [5.41, 5.74) is -1.29. The normalized spacial score (nSPS) is 11.6. The molecule has 0 saturated carbocycles. The van der Waals surface area contributed by atoms with Gasteiger partial charge in [-0.25, -0.2) is 4.79 Å². The second-order valence-corrected chi connectivity index (χ2v) is 6.46. The van der Waals surface area contributed by atoms with Crippen molar-refractivity contribution in [1.29, 1.82) is 0 Å². The van der Waals surface area contributed by atoms with Crippen LogP contribution < -0.4 is 16.6 Å². The number of aromatic amines is 1. The first kappa shape index (κ1) is 18.4. The van der Waals surface area contributed by atoms with E-state index < -0.39 is 22.4 Å². The highest BCUT2D eigenvalue weighted by molar-refractivity contribution is 7.15. The lowest BCUT2D eigenvalue weighted by Gasteiger charge is -2.10. The molecule has 26 heavy (non-hydrogen) atoms. The van der Waals surface area contributed by atoms with Crippen LogP contribution in [0.15, 0.2) is 27.9 Å². The maximum atomic E-state index is 12.6. The predicted octanol–water partition coefficient (Wildman–Crippen LogP) is 2.84. The van der Waals surface area contributed by atoms with Gasteiger partial charge in [-0.1, -0.05) is 34.5 Å². The van der Waals surface area contributed by atoms with Gasteiger partial charge in [-0.2, -0.15) is 23.0 Å². The van der Waals surface area contributed by atoms with Crippen LogP contribution in [0.5, 0.6) is 0 Å². The third-order valence-electron chi connectivity index (χ3n) is 2.88. The molecule has 2 N–H and O–H groups in total. The summed E-state index contributed by atoms with van der Waals surface area (Å²) < 4.78 is 38.5. The topological polar surface area (TPSA) is 106 Å². The Morgan fingerprint density at radius 3 is 2.35 bits per heavy atom. The number of anilines is 2. The zero-order valence-corrected chi connectivity index (χ0v) is 14.5. The highest BCUT2D eigenvalue weighted by atomic mass is 35.5. The molecule has 0 unspecified atom stereocenters. The minimum absolute atomic E-state index is 0.0174. The molecular formula is C12H5Cl2F3N6O2S. The lowest BCUT2D eigenvalue weighted by Crippen LogP contribution is -2.30. The van der Waals surface area contributed by atoms with Crippen molar-refractivity contribution in [3.8, 4) is 5.69 Å². The van der Waals surface area contributed by atoms with E-state index in [1.807, 2.05) is 4.98 Å². The number of aromatic nitrogens is 5. The third kappa shape index (κ3) is 3.71. The summed E-state index contributed by atoms with van der Waals surface area (Å²) in [5, 5.41) is 11.3. The van der Waals surface area contributed by atoms with Crippen molar-refractivity contribution >= 4 is 45.4 Å². The Balaban J connectivity index is 1.96. The fraction of sp³-hybridized carbons (Fsp3) is 0.0833. The molecule has 0 amide bonds. The summed E-state index contributed by atoms with van der Waals surface area (Å²) in [4.78, 5) is 24.8. The number of hydrogen-bond acceptors (Lipinski definition) is 7. The van der Waals surface area contributed by atoms with Crippen LogP contribution in [0.3, 0.4) is 0 Å². The van der Waals surface area contributed by atoms with Gasteiger partial charge < -0.3 is 5.32 Å². The van der Waals surface area contributed by atoms with Crippen molar-refractivity contribution in [2.45, 2.75) is 6.18 Å². The lowest BCUT2D eigenvalue weighted by atomic mass is 10.2. The van der Waals surface area contributed by atoms with Gasteiger partial charge in [0.25, 0.3) is 5.56 Å². The molecule has 0 aliphatic rings. The van der Waals surface area contributed by atoms with E-state index in [0.717, 1.165) is 10.9 Å². The molecule has 0 fully saturated rings. The monoisotopic (exact) mass is 424 g/mol. The van der Waals surface area contributed by atoms with Crippen molar-refractivity contribution in [3.63, 3.8) is 0 Å². The molecule has 8 nitrogen and oxygen atoms in total. The van der Waals surface area contributed by atoms with Crippen molar-refractivity contribution in [2.75, 3.05) is 5.32 Å². The second kappa shape index (κ2) is 6.70. The Morgan fingerprint density at radius 1 is 1.15 bits per heavy atom. The van der Waals surface area contributed by atoms with Crippen LogP contribution in [-0.2, 0) is 6.18 Å². The average molecular weight is 425 g/mol. The molecule has 136 valence electrons.